The van der Waals surface area contributed by atoms with Gasteiger partial charge >= 0.3 is 0 Å². The molecule has 0 fully saturated rings. The smallest absolute Gasteiger partial charge is 0.289 e. The van der Waals surface area contributed by atoms with Crippen molar-refractivity contribution in [3.05, 3.63) is 60.2 Å². The van der Waals surface area contributed by atoms with Gasteiger partial charge in [-0.05, 0) is 24.3 Å². The third-order valence-corrected chi connectivity index (χ3v) is 3.85. The molecule has 136 valence electrons. The highest BCUT2D eigenvalue weighted by molar-refractivity contribution is 5.91. The zero-order valence-corrected chi connectivity index (χ0v) is 14.7. The van der Waals surface area contributed by atoms with E-state index in [0.29, 0.717) is 24.6 Å². The Morgan fingerprint density at radius 2 is 2.08 bits per heavy atom. The number of methoxy groups -OCH3 is 2. The van der Waals surface area contributed by atoms with Crippen LogP contribution < -0.4 is 4.74 Å². The molecule has 3 aromatic rings. The van der Waals surface area contributed by atoms with Gasteiger partial charge in [-0.25, -0.2) is 0 Å². The van der Waals surface area contributed by atoms with E-state index in [2.05, 4.69) is 5.16 Å². The van der Waals surface area contributed by atoms with Crippen LogP contribution in [0.3, 0.4) is 0 Å². The maximum atomic E-state index is 12.6. The molecule has 2 aromatic heterocycles. The molecule has 0 aliphatic rings. The first kappa shape index (κ1) is 17.8. The van der Waals surface area contributed by atoms with Gasteiger partial charge in [-0.3, -0.25) is 4.79 Å². The largest absolute Gasteiger partial charge is 0.497 e. The molecule has 0 atom stereocenters. The van der Waals surface area contributed by atoms with E-state index in [4.69, 9.17) is 18.4 Å². The van der Waals surface area contributed by atoms with E-state index in [9.17, 15) is 4.79 Å². The van der Waals surface area contributed by atoms with Crippen molar-refractivity contribution in [3.63, 3.8) is 0 Å². The summed E-state index contributed by atoms with van der Waals surface area (Å²) in [7, 11) is 3.20. The highest BCUT2D eigenvalue weighted by atomic mass is 16.5. The monoisotopic (exact) mass is 356 g/mol. The number of nitrogens with zero attached hydrogens (tertiary/aromatic N) is 2. The van der Waals surface area contributed by atoms with Gasteiger partial charge in [-0.15, -0.1) is 0 Å². The van der Waals surface area contributed by atoms with Gasteiger partial charge in [0.15, 0.2) is 11.5 Å². The van der Waals surface area contributed by atoms with Crippen molar-refractivity contribution in [2.45, 2.75) is 6.54 Å². The van der Waals surface area contributed by atoms with Gasteiger partial charge in [-0.1, -0.05) is 17.3 Å². The molecule has 0 bridgehead atoms. The van der Waals surface area contributed by atoms with Gasteiger partial charge < -0.3 is 23.3 Å². The molecule has 2 heterocycles. The summed E-state index contributed by atoms with van der Waals surface area (Å²) in [6.45, 7) is 1.11. The molecule has 0 aliphatic heterocycles. The van der Waals surface area contributed by atoms with E-state index < -0.39 is 0 Å². The molecular formula is C19H20N2O5. The number of hydrogen-bond donors (Lipinski definition) is 0. The number of furan rings is 1. The molecule has 26 heavy (non-hydrogen) atoms. The maximum Gasteiger partial charge on any atom is 0.289 e. The van der Waals surface area contributed by atoms with Crippen LogP contribution in [0.25, 0.3) is 11.3 Å². The minimum atomic E-state index is -0.224. The molecule has 0 saturated carbocycles. The Bertz CT molecular complexity index is 841. The molecular weight excluding hydrogens is 336 g/mol. The van der Waals surface area contributed by atoms with E-state index >= 15 is 0 Å². The first-order chi connectivity index (χ1) is 12.7. The number of hydrogen-bond acceptors (Lipinski definition) is 6. The van der Waals surface area contributed by atoms with Crippen LogP contribution in [0, 0.1) is 0 Å². The molecule has 3 rings (SSSR count). The predicted molar refractivity (Wildman–Crippen MR) is 93.8 cm³/mol. The van der Waals surface area contributed by atoms with Crippen LogP contribution in [0.2, 0.25) is 0 Å². The van der Waals surface area contributed by atoms with Crippen LogP contribution in [-0.4, -0.2) is 43.3 Å². The molecule has 0 saturated heterocycles. The van der Waals surface area contributed by atoms with Gasteiger partial charge in [0.05, 0.1) is 26.5 Å². The quantitative estimate of drug-likeness (QED) is 0.617. The maximum absolute atomic E-state index is 12.6. The van der Waals surface area contributed by atoms with Crippen molar-refractivity contribution in [2.75, 3.05) is 27.4 Å². The molecule has 0 aliphatic carbocycles. The van der Waals surface area contributed by atoms with E-state index in [1.807, 2.05) is 30.3 Å². The van der Waals surface area contributed by atoms with Crippen molar-refractivity contribution < 1.29 is 23.2 Å². The normalized spacial score (nSPS) is 10.7. The van der Waals surface area contributed by atoms with Crippen molar-refractivity contribution in [1.82, 2.24) is 10.1 Å². The van der Waals surface area contributed by atoms with Crippen LogP contribution in [-0.2, 0) is 11.3 Å². The van der Waals surface area contributed by atoms with Crippen molar-refractivity contribution >= 4 is 5.91 Å². The minimum absolute atomic E-state index is 0.224. The first-order valence-corrected chi connectivity index (χ1v) is 8.13. The topological polar surface area (TPSA) is 77.9 Å². The summed E-state index contributed by atoms with van der Waals surface area (Å²) < 4.78 is 21.0. The SMILES string of the molecule is COCCN(Cc1cc(-c2cccc(OC)c2)on1)C(=O)c1ccco1. The zero-order valence-electron chi connectivity index (χ0n) is 14.7. The number of rotatable bonds is 8. The van der Waals surface area contributed by atoms with Crippen molar-refractivity contribution in [3.8, 4) is 17.1 Å². The Morgan fingerprint density at radius 3 is 2.81 bits per heavy atom. The molecule has 0 N–H and O–H groups in total. The van der Waals surface area contributed by atoms with Gasteiger partial charge in [-0.2, -0.15) is 0 Å². The fourth-order valence-electron chi connectivity index (χ4n) is 2.50. The number of ether oxygens (including phenoxy) is 2. The summed E-state index contributed by atoms with van der Waals surface area (Å²) >= 11 is 0. The summed E-state index contributed by atoms with van der Waals surface area (Å²) in [4.78, 5) is 14.2. The molecule has 0 spiro atoms. The van der Waals surface area contributed by atoms with Gasteiger partial charge in [0.1, 0.15) is 11.4 Å². The summed E-state index contributed by atoms with van der Waals surface area (Å²) in [5.41, 5.74) is 1.49. The molecule has 1 aromatic carbocycles. The van der Waals surface area contributed by atoms with Crippen LogP contribution >= 0.6 is 0 Å². The van der Waals surface area contributed by atoms with Crippen LogP contribution in [0.4, 0.5) is 0 Å². The highest BCUT2D eigenvalue weighted by Crippen LogP contribution is 2.25. The molecule has 0 unspecified atom stereocenters. The minimum Gasteiger partial charge on any atom is -0.497 e. The average Bonchev–Trinajstić information content (AvgIpc) is 3.36. The number of benzene rings is 1. The Balaban J connectivity index is 1.76. The van der Waals surface area contributed by atoms with Gasteiger partial charge in [0.2, 0.25) is 0 Å². The molecule has 7 nitrogen and oxygen atoms in total. The highest BCUT2D eigenvalue weighted by Gasteiger charge is 2.20. The predicted octanol–water partition coefficient (Wildman–Crippen LogP) is 3.23. The lowest BCUT2D eigenvalue weighted by Gasteiger charge is -2.19. The van der Waals surface area contributed by atoms with E-state index in [-0.39, 0.29) is 18.2 Å². The van der Waals surface area contributed by atoms with Gasteiger partial charge in [0, 0.05) is 25.3 Å². The van der Waals surface area contributed by atoms with Crippen LogP contribution in [0.15, 0.2) is 57.7 Å². The second kappa shape index (κ2) is 8.35. The fourth-order valence-corrected chi connectivity index (χ4v) is 2.50. The van der Waals surface area contributed by atoms with E-state index in [1.165, 1.54) is 6.26 Å². The van der Waals surface area contributed by atoms with Gasteiger partial charge in [0.25, 0.3) is 5.91 Å². The third kappa shape index (κ3) is 4.12. The second-order valence-corrected chi connectivity index (χ2v) is 5.61. The Kier molecular flexibility index (Phi) is 5.70. The lowest BCUT2D eigenvalue weighted by atomic mass is 10.1. The second-order valence-electron chi connectivity index (χ2n) is 5.61. The van der Waals surface area contributed by atoms with E-state index in [1.54, 1.807) is 31.3 Å². The molecule has 7 heteroatoms. The lowest BCUT2D eigenvalue weighted by molar-refractivity contribution is 0.0645. The summed E-state index contributed by atoms with van der Waals surface area (Å²) in [6.07, 6.45) is 1.47. The molecule has 0 radical (unpaired) electrons. The fraction of sp³-hybridized carbons (Fsp3) is 0.263. The number of carbonyl (C=O) groups is 1. The number of amides is 1. The number of aromatic nitrogens is 1. The first-order valence-electron chi connectivity index (χ1n) is 8.13. The Hall–Kier alpha value is -3.06. The lowest BCUT2D eigenvalue weighted by Crippen LogP contribution is -2.33. The average molecular weight is 356 g/mol. The van der Waals surface area contributed by atoms with Crippen LogP contribution in [0.5, 0.6) is 5.75 Å². The van der Waals surface area contributed by atoms with Crippen LogP contribution in [0.1, 0.15) is 16.2 Å². The Labute approximate surface area is 151 Å². The van der Waals surface area contributed by atoms with E-state index in [0.717, 1.165) is 11.3 Å². The third-order valence-electron chi connectivity index (χ3n) is 3.85. The standard InChI is InChI=1S/C19H20N2O5/c1-23-10-8-21(19(22)17-7-4-9-25-17)13-15-12-18(26-20-15)14-5-3-6-16(11-14)24-2/h3-7,9,11-12H,8,10,13H2,1-2H3. The molecule has 1 amide bonds. The summed E-state index contributed by atoms with van der Waals surface area (Å²) in [5, 5.41) is 4.08. The summed E-state index contributed by atoms with van der Waals surface area (Å²) in [6, 6.07) is 12.6. The van der Waals surface area contributed by atoms with Crippen molar-refractivity contribution in [1.29, 1.82) is 0 Å². The Morgan fingerprint density at radius 1 is 1.19 bits per heavy atom. The zero-order chi connectivity index (χ0) is 18.4. The van der Waals surface area contributed by atoms with Crippen molar-refractivity contribution in [2.24, 2.45) is 0 Å². The summed E-state index contributed by atoms with van der Waals surface area (Å²) in [5.74, 6) is 1.39. The number of carbonyl (C=O) groups excluding carboxylic acids is 1.